The highest BCUT2D eigenvalue weighted by Crippen LogP contribution is 2.31. The average molecular weight is 430 g/mol. The van der Waals surface area contributed by atoms with Crippen molar-refractivity contribution in [2.45, 2.75) is 26.4 Å². The second-order valence-electron chi connectivity index (χ2n) is 6.44. The predicted octanol–water partition coefficient (Wildman–Crippen LogP) is 4.23. The van der Waals surface area contributed by atoms with Gasteiger partial charge in [0, 0.05) is 24.1 Å². The van der Waals surface area contributed by atoms with E-state index in [0.717, 1.165) is 11.1 Å². The van der Waals surface area contributed by atoms with Crippen LogP contribution in [0, 0.1) is 0 Å². The maximum Gasteiger partial charge on any atom is 0.407 e. The number of halogens is 1. The molecule has 30 heavy (non-hydrogen) atoms. The number of esters is 1. The third-order valence-electron chi connectivity index (χ3n) is 4.30. The number of hydrogen-bond donors (Lipinski definition) is 1. The molecule has 0 fully saturated rings. The predicted molar refractivity (Wildman–Crippen MR) is 112 cm³/mol. The van der Waals surface area contributed by atoms with Crippen LogP contribution in [-0.2, 0) is 22.6 Å². The smallest absolute Gasteiger partial charge is 0.407 e. The van der Waals surface area contributed by atoms with Crippen LogP contribution in [0.3, 0.4) is 0 Å². The summed E-state index contributed by atoms with van der Waals surface area (Å²) in [7, 11) is 0. The number of carbonyl (C=O) groups excluding carboxylic acids is 2. The molecule has 0 spiro atoms. The first-order valence-corrected chi connectivity index (χ1v) is 9.75. The summed E-state index contributed by atoms with van der Waals surface area (Å²) >= 11 is 6.21. The molecule has 0 aliphatic rings. The van der Waals surface area contributed by atoms with Crippen LogP contribution in [-0.4, -0.2) is 18.6 Å². The summed E-state index contributed by atoms with van der Waals surface area (Å²) in [5.41, 5.74) is 1.45. The third kappa shape index (κ3) is 5.61. The Morgan fingerprint density at radius 1 is 1.13 bits per heavy atom. The SMILES string of the molecule is CCc1cc(=O)oc2cc(OC(=O)CCNC(=O)OCc3ccccc3)c(Cl)cc12. The fraction of sp³-hybridized carbons (Fsp3) is 0.227. The summed E-state index contributed by atoms with van der Waals surface area (Å²) in [5.74, 6) is -0.522. The number of aryl methyl sites for hydroxylation is 1. The number of rotatable bonds is 7. The van der Waals surface area contributed by atoms with Gasteiger partial charge in [-0.3, -0.25) is 4.79 Å². The number of benzene rings is 2. The maximum absolute atomic E-state index is 12.1. The summed E-state index contributed by atoms with van der Waals surface area (Å²) in [4.78, 5) is 35.5. The van der Waals surface area contributed by atoms with Gasteiger partial charge in [0.05, 0.1) is 11.4 Å². The quantitative estimate of drug-likeness (QED) is 0.343. The van der Waals surface area contributed by atoms with E-state index in [9.17, 15) is 14.4 Å². The number of nitrogens with one attached hydrogen (secondary N) is 1. The third-order valence-corrected chi connectivity index (χ3v) is 4.59. The molecular formula is C22H20ClNO6. The van der Waals surface area contributed by atoms with Crippen molar-refractivity contribution in [2.75, 3.05) is 6.54 Å². The molecule has 156 valence electrons. The lowest BCUT2D eigenvalue weighted by Crippen LogP contribution is -2.27. The first-order chi connectivity index (χ1) is 14.5. The molecule has 7 nitrogen and oxygen atoms in total. The fourth-order valence-corrected chi connectivity index (χ4v) is 3.02. The van der Waals surface area contributed by atoms with Crippen molar-refractivity contribution < 1.29 is 23.5 Å². The van der Waals surface area contributed by atoms with Crippen LogP contribution in [0.5, 0.6) is 5.75 Å². The Morgan fingerprint density at radius 2 is 1.90 bits per heavy atom. The van der Waals surface area contributed by atoms with Gasteiger partial charge < -0.3 is 19.2 Å². The minimum absolute atomic E-state index is 0.0344. The van der Waals surface area contributed by atoms with Gasteiger partial charge in [-0.2, -0.15) is 0 Å². The molecule has 0 unspecified atom stereocenters. The second-order valence-corrected chi connectivity index (χ2v) is 6.84. The molecular weight excluding hydrogens is 410 g/mol. The van der Waals surface area contributed by atoms with Gasteiger partial charge in [-0.25, -0.2) is 9.59 Å². The molecule has 1 aromatic heterocycles. The molecule has 0 aliphatic carbocycles. The van der Waals surface area contributed by atoms with E-state index in [1.54, 1.807) is 6.07 Å². The van der Waals surface area contributed by atoms with E-state index in [1.165, 1.54) is 12.1 Å². The molecule has 0 radical (unpaired) electrons. The standard InChI is InChI=1S/C22H20ClNO6/c1-2-15-10-21(26)29-18-12-19(17(23)11-16(15)18)30-20(25)8-9-24-22(27)28-13-14-6-4-3-5-7-14/h3-7,10-12H,2,8-9,13H2,1H3,(H,24,27). The summed E-state index contributed by atoms with van der Waals surface area (Å²) < 4.78 is 15.5. The number of amides is 1. The van der Waals surface area contributed by atoms with Crippen LogP contribution in [0.2, 0.25) is 5.02 Å². The van der Waals surface area contributed by atoms with E-state index in [-0.39, 0.29) is 35.9 Å². The Kier molecular flexibility index (Phi) is 7.08. The monoisotopic (exact) mass is 429 g/mol. The van der Waals surface area contributed by atoms with Crippen LogP contribution in [0.4, 0.5) is 4.79 Å². The molecule has 8 heteroatoms. The van der Waals surface area contributed by atoms with E-state index in [2.05, 4.69) is 5.32 Å². The Balaban J connectivity index is 1.53. The molecule has 0 saturated heterocycles. The first kappa shape index (κ1) is 21.4. The van der Waals surface area contributed by atoms with Crippen molar-refractivity contribution >= 4 is 34.6 Å². The zero-order valence-electron chi connectivity index (χ0n) is 16.3. The molecule has 1 N–H and O–H groups in total. The van der Waals surface area contributed by atoms with Crippen molar-refractivity contribution in [3.63, 3.8) is 0 Å². The highest BCUT2D eigenvalue weighted by molar-refractivity contribution is 6.33. The molecule has 1 heterocycles. The summed E-state index contributed by atoms with van der Waals surface area (Å²) in [6, 6.07) is 13.7. The number of alkyl carbamates (subject to hydrolysis) is 1. The normalized spacial score (nSPS) is 10.6. The Bertz CT molecular complexity index is 1110. The molecule has 3 rings (SSSR count). The van der Waals surface area contributed by atoms with Crippen molar-refractivity contribution in [2.24, 2.45) is 0 Å². The van der Waals surface area contributed by atoms with E-state index in [4.69, 9.17) is 25.5 Å². The van der Waals surface area contributed by atoms with Crippen molar-refractivity contribution in [3.8, 4) is 5.75 Å². The van der Waals surface area contributed by atoms with Gasteiger partial charge >= 0.3 is 17.7 Å². The Morgan fingerprint density at radius 3 is 2.63 bits per heavy atom. The van der Waals surface area contributed by atoms with Gasteiger partial charge in [-0.05, 0) is 23.6 Å². The second kappa shape index (κ2) is 9.93. The Hall–Kier alpha value is -3.32. The minimum Gasteiger partial charge on any atom is -0.445 e. The first-order valence-electron chi connectivity index (χ1n) is 9.37. The molecule has 0 atom stereocenters. The van der Waals surface area contributed by atoms with E-state index in [1.807, 2.05) is 37.3 Å². The molecule has 0 bridgehead atoms. The van der Waals surface area contributed by atoms with Gasteiger partial charge in [-0.15, -0.1) is 0 Å². The van der Waals surface area contributed by atoms with Crippen molar-refractivity contribution in [1.82, 2.24) is 5.32 Å². The summed E-state index contributed by atoms with van der Waals surface area (Å²) in [5, 5.41) is 3.38. The number of fused-ring (bicyclic) bond motifs is 1. The van der Waals surface area contributed by atoms with Gasteiger partial charge in [-0.1, -0.05) is 48.9 Å². The highest BCUT2D eigenvalue weighted by atomic mass is 35.5. The fourth-order valence-electron chi connectivity index (χ4n) is 2.81. The highest BCUT2D eigenvalue weighted by Gasteiger charge is 2.14. The van der Waals surface area contributed by atoms with Gasteiger partial charge in [0.1, 0.15) is 12.2 Å². The molecule has 3 aromatic rings. The zero-order valence-corrected chi connectivity index (χ0v) is 17.0. The van der Waals surface area contributed by atoms with E-state index < -0.39 is 17.7 Å². The maximum atomic E-state index is 12.1. The lowest BCUT2D eigenvalue weighted by atomic mass is 10.1. The van der Waals surface area contributed by atoms with Crippen molar-refractivity contribution in [1.29, 1.82) is 0 Å². The van der Waals surface area contributed by atoms with E-state index >= 15 is 0 Å². The lowest BCUT2D eigenvalue weighted by molar-refractivity contribution is -0.134. The van der Waals surface area contributed by atoms with Crippen LogP contribution < -0.4 is 15.7 Å². The topological polar surface area (TPSA) is 94.8 Å². The van der Waals surface area contributed by atoms with Gasteiger partial charge in [0.15, 0.2) is 5.75 Å². The van der Waals surface area contributed by atoms with Crippen LogP contribution in [0.1, 0.15) is 24.5 Å². The average Bonchev–Trinajstić information content (AvgIpc) is 2.73. The summed E-state index contributed by atoms with van der Waals surface area (Å²) in [6.45, 7) is 2.08. The molecule has 1 amide bonds. The van der Waals surface area contributed by atoms with E-state index in [0.29, 0.717) is 11.8 Å². The van der Waals surface area contributed by atoms with Crippen LogP contribution >= 0.6 is 11.6 Å². The molecule has 0 aliphatic heterocycles. The Labute approximate surface area is 177 Å². The number of carbonyl (C=O) groups is 2. The van der Waals surface area contributed by atoms with Crippen molar-refractivity contribution in [3.05, 3.63) is 75.1 Å². The summed E-state index contributed by atoms with van der Waals surface area (Å²) in [6.07, 6.45) is -0.0959. The lowest BCUT2D eigenvalue weighted by Gasteiger charge is -2.10. The van der Waals surface area contributed by atoms with Crippen LogP contribution in [0.15, 0.2) is 57.7 Å². The number of ether oxygens (including phenoxy) is 2. The molecule has 0 saturated carbocycles. The number of hydrogen-bond acceptors (Lipinski definition) is 6. The van der Waals surface area contributed by atoms with Crippen LogP contribution in [0.25, 0.3) is 11.0 Å². The van der Waals surface area contributed by atoms with Gasteiger partial charge in [0.2, 0.25) is 0 Å². The minimum atomic E-state index is -0.635. The van der Waals surface area contributed by atoms with Gasteiger partial charge in [0.25, 0.3) is 0 Å². The zero-order chi connectivity index (χ0) is 21.5. The largest absolute Gasteiger partial charge is 0.445 e. The molecule has 2 aromatic carbocycles.